The lowest BCUT2D eigenvalue weighted by Gasteiger charge is -2.43. The molecule has 54 heavy (non-hydrogen) atoms. The van der Waals surface area contributed by atoms with Crippen molar-refractivity contribution in [2.75, 3.05) is 33.3 Å². The van der Waals surface area contributed by atoms with Gasteiger partial charge in [0.05, 0.1) is 34.5 Å². The molecule has 5 aromatic rings. The van der Waals surface area contributed by atoms with Crippen LogP contribution in [0, 0.1) is 16.7 Å². The molecule has 0 bridgehead atoms. The highest BCUT2D eigenvalue weighted by molar-refractivity contribution is 6.07. The van der Waals surface area contributed by atoms with E-state index in [1.54, 1.807) is 0 Å². The monoisotopic (exact) mass is 726 g/mol. The summed E-state index contributed by atoms with van der Waals surface area (Å²) in [5.41, 5.74) is 0.419. The SMILES string of the molecule is COC(=O)C1(C(=O)OC)C[C@H]2C(C(=O)OC)(C(=O)OC)C[C@@H](c3cn(Cc4ccccc4)c4ccccc34)[C@]23c2ccccc2N(Cc2ccccc2)[C@H]13. The van der Waals surface area contributed by atoms with Gasteiger partial charge in [0.1, 0.15) is 0 Å². The summed E-state index contributed by atoms with van der Waals surface area (Å²) in [5, 5.41) is 0.934. The van der Waals surface area contributed by atoms with E-state index in [1.807, 2.05) is 84.9 Å². The van der Waals surface area contributed by atoms with Crippen molar-refractivity contribution in [2.24, 2.45) is 16.7 Å². The Hall–Kier alpha value is -5.90. The number of hydrogen-bond acceptors (Lipinski definition) is 9. The van der Waals surface area contributed by atoms with Crippen LogP contribution in [0.5, 0.6) is 0 Å². The van der Waals surface area contributed by atoms with Crippen molar-refractivity contribution in [3.05, 3.63) is 138 Å². The molecular formula is C44H42N2O8. The summed E-state index contributed by atoms with van der Waals surface area (Å²) in [6.45, 7) is 0.886. The first-order valence-electron chi connectivity index (χ1n) is 18.1. The van der Waals surface area contributed by atoms with Crippen LogP contribution >= 0.6 is 0 Å². The number of benzene rings is 4. The highest BCUT2D eigenvalue weighted by Crippen LogP contribution is 2.77. The Morgan fingerprint density at radius 1 is 0.611 bits per heavy atom. The molecule has 8 rings (SSSR count). The van der Waals surface area contributed by atoms with E-state index in [-0.39, 0.29) is 12.8 Å². The van der Waals surface area contributed by atoms with Gasteiger partial charge in [0.25, 0.3) is 0 Å². The van der Waals surface area contributed by atoms with E-state index in [0.29, 0.717) is 13.1 Å². The van der Waals surface area contributed by atoms with E-state index in [2.05, 4.69) is 39.9 Å². The third-order valence-electron chi connectivity index (χ3n) is 12.5. The van der Waals surface area contributed by atoms with E-state index in [4.69, 9.17) is 18.9 Å². The Bertz CT molecular complexity index is 2230. The summed E-state index contributed by atoms with van der Waals surface area (Å²) in [6, 6.07) is 34.9. The van der Waals surface area contributed by atoms with Crippen LogP contribution < -0.4 is 4.90 Å². The average molecular weight is 727 g/mol. The molecule has 276 valence electrons. The molecule has 1 aromatic heterocycles. The lowest BCUT2D eigenvalue weighted by atomic mass is 9.62. The summed E-state index contributed by atoms with van der Waals surface area (Å²) in [6.07, 6.45) is 1.90. The number of hydrogen-bond donors (Lipinski definition) is 0. The zero-order chi connectivity index (χ0) is 37.8. The Morgan fingerprint density at radius 3 is 1.74 bits per heavy atom. The number of carbonyl (C=O) groups excluding carboxylic acids is 4. The molecule has 2 fully saturated rings. The number of methoxy groups -OCH3 is 4. The second-order valence-electron chi connectivity index (χ2n) is 14.6. The first kappa shape index (κ1) is 35.1. The largest absolute Gasteiger partial charge is 0.468 e. The first-order chi connectivity index (χ1) is 26.2. The summed E-state index contributed by atoms with van der Waals surface area (Å²) in [7, 11) is 5.01. The van der Waals surface area contributed by atoms with Gasteiger partial charge in [-0.1, -0.05) is 97.1 Å². The van der Waals surface area contributed by atoms with Gasteiger partial charge in [-0.05, 0) is 59.1 Å². The number of ether oxygens (including phenoxy) is 4. The highest BCUT2D eigenvalue weighted by atomic mass is 16.6. The van der Waals surface area contributed by atoms with E-state index in [0.717, 1.165) is 38.8 Å². The minimum atomic E-state index is -1.96. The fourth-order valence-corrected chi connectivity index (χ4v) is 10.6. The van der Waals surface area contributed by atoms with E-state index < -0.39 is 58.0 Å². The second-order valence-corrected chi connectivity index (χ2v) is 14.6. The van der Waals surface area contributed by atoms with Gasteiger partial charge >= 0.3 is 23.9 Å². The minimum Gasteiger partial charge on any atom is -0.468 e. The number of rotatable bonds is 9. The van der Waals surface area contributed by atoms with Crippen LogP contribution in [0.4, 0.5) is 5.69 Å². The van der Waals surface area contributed by atoms with Crippen molar-refractivity contribution in [3.8, 4) is 0 Å². The van der Waals surface area contributed by atoms with E-state index in [1.165, 1.54) is 28.4 Å². The number of aromatic nitrogens is 1. The molecule has 2 aliphatic carbocycles. The molecule has 10 nitrogen and oxygen atoms in total. The number of fused-ring (bicyclic) bond motifs is 2. The summed E-state index contributed by atoms with van der Waals surface area (Å²) < 4.78 is 24.3. The molecule has 1 spiro atoms. The van der Waals surface area contributed by atoms with E-state index in [9.17, 15) is 19.2 Å². The van der Waals surface area contributed by atoms with Crippen molar-refractivity contribution < 1.29 is 38.1 Å². The maximum Gasteiger partial charge on any atom is 0.325 e. The van der Waals surface area contributed by atoms with Gasteiger partial charge < -0.3 is 28.4 Å². The smallest absolute Gasteiger partial charge is 0.325 e. The third kappa shape index (κ3) is 4.64. The summed E-state index contributed by atoms with van der Waals surface area (Å²) in [4.78, 5) is 60.4. The first-order valence-corrected chi connectivity index (χ1v) is 18.1. The standard InChI is InChI=1S/C44H42N2O8/c1-51-38(47)42(39(48)52-2)23-33(31-27-45(25-28-15-7-5-8-16-28)34-21-13-11-19-30(31)34)44-32-20-12-14-22-35(32)46(26-29-17-9-6-10-18-29)37(44)43(24-36(42)44,40(49)53-3)41(50)54-4/h5-22,27,33,36-37H,23-26H2,1-4H3/t33-,36-,37+,44+/m0/s1. The molecule has 10 heteroatoms. The van der Waals surface area contributed by atoms with Crippen LogP contribution in [0.1, 0.15) is 41.0 Å². The van der Waals surface area contributed by atoms with Crippen molar-refractivity contribution in [1.82, 2.24) is 4.57 Å². The zero-order valence-corrected chi connectivity index (χ0v) is 30.7. The van der Waals surface area contributed by atoms with Crippen molar-refractivity contribution >= 4 is 40.5 Å². The van der Waals surface area contributed by atoms with Crippen molar-refractivity contribution in [2.45, 2.75) is 43.3 Å². The maximum absolute atomic E-state index is 14.6. The van der Waals surface area contributed by atoms with Crippen LogP contribution in [0.3, 0.4) is 0 Å². The molecule has 2 saturated carbocycles. The second kappa shape index (κ2) is 13.2. The Morgan fingerprint density at radius 2 is 1.13 bits per heavy atom. The predicted octanol–water partition coefficient (Wildman–Crippen LogP) is 6.19. The molecule has 0 unspecified atom stereocenters. The topological polar surface area (TPSA) is 113 Å². The van der Waals surface area contributed by atoms with Crippen molar-refractivity contribution in [1.29, 1.82) is 0 Å². The van der Waals surface area contributed by atoms with Crippen LogP contribution in [0.15, 0.2) is 115 Å². The lowest BCUT2D eigenvalue weighted by molar-refractivity contribution is -0.177. The predicted molar refractivity (Wildman–Crippen MR) is 200 cm³/mol. The maximum atomic E-state index is 14.6. The molecule has 4 atom stereocenters. The summed E-state index contributed by atoms with van der Waals surface area (Å²) >= 11 is 0. The summed E-state index contributed by atoms with van der Waals surface area (Å²) in [5.74, 6) is -4.72. The van der Waals surface area contributed by atoms with Gasteiger partial charge in [-0.2, -0.15) is 0 Å². The molecule has 0 saturated heterocycles. The molecule has 0 radical (unpaired) electrons. The molecule has 3 aliphatic rings. The quantitative estimate of drug-likeness (QED) is 0.0998. The van der Waals surface area contributed by atoms with Gasteiger partial charge in [-0.25, -0.2) is 0 Å². The molecule has 1 aliphatic heterocycles. The Kier molecular flexibility index (Phi) is 8.59. The zero-order valence-electron chi connectivity index (χ0n) is 30.7. The normalized spacial score (nSPS) is 22.9. The number of anilines is 1. The van der Waals surface area contributed by atoms with Gasteiger partial charge in [-0.3, -0.25) is 19.2 Å². The minimum absolute atomic E-state index is 0.0127. The van der Waals surface area contributed by atoms with Crippen LogP contribution in [0.25, 0.3) is 10.9 Å². The molecule has 0 amide bonds. The molecule has 4 aromatic carbocycles. The Balaban J connectivity index is 1.49. The third-order valence-corrected chi connectivity index (χ3v) is 12.5. The number of nitrogens with zero attached hydrogens (tertiary/aromatic N) is 2. The fraction of sp³-hybridized carbons (Fsp3) is 0.318. The molecule has 0 N–H and O–H groups in total. The lowest BCUT2D eigenvalue weighted by Crippen LogP contribution is -2.58. The number of esters is 4. The van der Waals surface area contributed by atoms with Crippen molar-refractivity contribution in [3.63, 3.8) is 0 Å². The fourth-order valence-electron chi connectivity index (χ4n) is 10.6. The number of para-hydroxylation sites is 2. The molecular weight excluding hydrogens is 684 g/mol. The highest BCUT2D eigenvalue weighted by Gasteiger charge is 2.85. The number of carbonyl (C=O) groups is 4. The van der Waals surface area contributed by atoms with E-state index >= 15 is 0 Å². The van der Waals surface area contributed by atoms with Gasteiger partial charge in [0, 0.05) is 41.3 Å². The van der Waals surface area contributed by atoms with Crippen LogP contribution in [0.2, 0.25) is 0 Å². The van der Waals surface area contributed by atoms with Gasteiger partial charge in [0.2, 0.25) is 0 Å². The van der Waals surface area contributed by atoms with Gasteiger partial charge in [-0.15, -0.1) is 0 Å². The Labute approximate surface area is 313 Å². The van der Waals surface area contributed by atoms with Crippen LogP contribution in [-0.2, 0) is 56.6 Å². The van der Waals surface area contributed by atoms with Crippen LogP contribution in [-0.4, -0.2) is 62.9 Å². The molecule has 2 heterocycles. The van der Waals surface area contributed by atoms with Gasteiger partial charge in [0.15, 0.2) is 10.8 Å². The average Bonchev–Trinajstić information content (AvgIpc) is 3.92.